The number of nitrogens with one attached hydrogen (secondary N) is 1. The van der Waals surface area contributed by atoms with Crippen LogP contribution in [0.5, 0.6) is 0 Å². The van der Waals surface area contributed by atoms with Gasteiger partial charge in [0.25, 0.3) is 10.1 Å². The zero-order valence-electron chi connectivity index (χ0n) is 17.4. The van der Waals surface area contributed by atoms with Crippen molar-refractivity contribution in [2.45, 2.75) is 30.3 Å². The number of benzene rings is 3. The van der Waals surface area contributed by atoms with Crippen molar-refractivity contribution < 1.29 is 12.6 Å². The van der Waals surface area contributed by atoms with Crippen molar-refractivity contribution in [3.05, 3.63) is 101 Å². The molecular formula is C25H26ClNO3S. The van der Waals surface area contributed by atoms with E-state index in [0.29, 0.717) is 18.0 Å². The molecule has 1 N–H and O–H groups in total. The monoisotopic (exact) mass is 455 g/mol. The van der Waals surface area contributed by atoms with Crippen molar-refractivity contribution >= 4 is 21.7 Å². The maximum Gasteiger partial charge on any atom is 0.297 e. The van der Waals surface area contributed by atoms with E-state index in [1.54, 1.807) is 24.3 Å². The van der Waals surface area contributed by atoms with Gasteiger partial charge in [-0.3, -0.25) is 4.18 Å². The molecule has 0 spiro atoms. The summed E-state index contributed by atoms with van der Waals surface area (Å²) in [6.45, 7) is 3.39. The second-order valence-electron chi connectivity index (χ2n) is 8.07. The van der Waals surface area contributed by atoms with Gasteiger partial charge in [0.05, 0.1) is 11.0 Å². The summed E-state index contributed by atoms with van der Waals surface area (Å²) in [6.07, 6.45) is 0.0203. The summed E-state index contributed by atoms with van der Waals surface area (Å²) >= 11 is 6.07. The summed E-state index contributed by atoms with van der Waals surface area (Å²) in [6, 6.07) is 24.5. The minimum absolute atomic E-state index is 0.00149. The normalized spacial score (nSPS) is 19.9. The van der Waals surface area contributed by atoms with E-state index in [0.717, 1.165) is 23.2 Å². The summed E-state index contributed by atoms with van der Waals surface area (Å²) in [5.41, 5.74) is 3.18. The van der Waals surface area contributed by atoms with E-state index in [1.807, 2.05) is 61.5 Å². The summed E-state index contributed by atoms with van der Waals surface area (Å²) in [4.78, 5) is 0.185. The molecule has 31 heavy (non-hydrogen) atoms. The molecule has 0 radical (unpaired) electrons. The Morgan fingerprint density at radius 1 is 0.968 bits per heavy atom. The molecule has 0 saturated carbocycles. The fourth-order valence-electron chi connectivity index (χ4n) is 4.19. The Hall–Kier alpha value is -2.18. The Morgan fingerprint density at radius 3 is 2.32 bits per heavy atom. The third kappa shape index (κ3) is 5.36. The molecule has 162 valence electrons. The van der Waals surface area contributed by atoms with Crippen LogP contribution in [0.2, 0.25) is 5.02 Å². The van der Waals surface area contributed by atoms with Gasteiger partial charge in [-0.1, -0.05) is 71.8 Å². The lowest BCUT2D eigenvalue weighted by Gasteiger charge is -2.28. The smallest absolute Gasteiger partial charge is 0.297 e. The topological polar surface area (TPSA) is 55.4 Å². The van der Waals surface area contributed by atoms with Crippen LogP contribution in [0.15, 0.2) is 83.8 Å². The molecule has 1 fully saturated rings. The standard InChI is InChI=1S/C25H26ClNO3S/c1-18-7-13-22(14-8-18)31(28,29)30-25(15-19-5-3-2-4-6-19)24-17-27-16-23(24)20-9-11-21(26)12-10-20/h2-14,23-25,27H,15-17H2,1H3. The van der Waals surface area contributed by atoms with E-state index in [9.17, 15) is 8.42 Å². The van der Waals surface area contributed by atoms with Crippen LogP contribution >= 0.6 is 11.6 Å². The number of aryl methyl sites for hydroxylation is 1. The van der Waals surface area contributed by atoms with Crippen LogP contribution < -0.4 is 5.32 Å². The van der Waals surface area contributed by atoms with Gasteiger partial charge in [0, 0.05) is 36.4 Å². The van der Waals surface area contributed by atoms with E-state index in [-0.39, 0.29) is 16.7 Å². The van der Waals surface area contributed by atoms with Gasteiger partial charge in [-0.15, -0.1) is 0 Å². The lowest BCUT2D eigenvalue weighted by molar-refractivity contribution is 0.141. The second kappa shape index (κ2) is 9.53. The van der Waals surface area contributed by atoms with Crippen molar-refractivity contribution in [1.29, 1.82) is 0 Å². The third-order valence-electron chi connectivity index (χ3n) is 5.88. The molecule has 3 aromatic rings. The van der Waals surface area contributed by atoms with Gasteiger partial charge in [-0.25, -0.2) is 0 Å². The molecule has 1 saturated heterocycles. The summed E-state index contributed by atoms with van der Waals surface area (Å²) in [5, 5.41) is 4.11. The first-order valence-corrected chi connectivity index (χ1v) is 12.2. The molecule has 3 aromatic carbocycles. The molecule has 3 atom stereocenters. The Balaban J connectivity index is 1.65. The predicted octanol–water partition coefficient (Wildman–Crippen LogP) is 4.97. The molecule has 4 rings (SSSR count). The van der Waals surface area contributed by atoms with Crippen molar-refractivity contribution in [3.63, 3.8) is 0 Å². The minimum atomic E-state index is -3.90. The average molecular weight is 456 g/mol. The number of halogens is 1. The van der Waals surface area contributed by atoms with E-state index in [2.05, 4.69) is 5.32 Å². The highest BCUT2D eigenvalue weighted by atomic mass is 35.5. The van der Waals surface area contributed by atoms with Gasteiger partial charge in [0.2, 0.25) is 0 Å². The van der Waals surface area contributed by atoms with Crippen molar-refractivity contribution in [3.8, 4) is 0 Å². The second-order valence-corrected chi connectivity index (χ2v) is 10.1. The molecule has 1 aliphatic rings. The fraction of sp³-hybridized carbons (Fsp3) is 0.280. The summed E-state index contributed by atoms with van der Waals surface area (Å²) < 4.78 is 32.2. The molecule has 0 aromatic heterocycles. The Kier molecular flexibility index (Phi) is 6.77. The summed E-state index contributed by atoms with van der Waals surface area (Å²) in [5.74, 6) is 0.140. The average Bonchev–Trinajstić information content (AvgIpc) is 3.25. The first kappa shape index (κ1) is 22.0. The number of hydrogen-bond donors (Lipinski definition) is 1. The van der Waals surface area contributed by atoms with E-state index >= 15 is 0 Å². The van der Waals surface area contributed by atoms with Gasteiger partial charge in [-0.2, -0.15) is 8.42 Å². The lowest BCUT2D eigenvalue weighted by atomic mass is 9.83. The molecular weight excluding hydrogens is 430 g/mol. The van der Waals surface area contributed by atoms with E-state index < -0.39 is 16.2 Å². The summed E-state index contributed by atoms with van der Waals surface area (Å²) in [7, 11) is -3.90. The van der Waals surface area contributed by atoms with Gasteiger partial charge in [0.15, 0.2) is 0 Å². The van der Waals surface area contributed by atoms with Crippen LogP contribution in [0.4, 0.5) is 0 Å². The molecule has 1 aliphatic heterocycles. The zero-order chi connectivity index (χ0) is 21.8. The van der Waals surface area contributed by atoms with Crippen LogP contribution in [0, 0.1) is 12.8 Å². The predicted molar refractivity (Wildman–Crippen MR) is 124 cm³/mol. The minimum Gasteiger partial charge on any atom is -0.316 e. The van der Waals surface area contributed by atoms with Crippen LogP contribution in [0.3, 0.4) is 0 Å². The molecule has 1 heterocycles. The highest BCUT2D eigenvalue weighted by molar-refractivity contribution is 7.86. The van der Waals surface area contributed by atoms with E-state index in [4.69, 9.17) is 15.8 Å². The third-order valence-corrected chi connectivity index (χ3v) is 7.48. The Bertz CT molecular complexity index is 1100. The van der Waals surface area contributed by atoms with Crippen LogP contribution in [0.25, 0.3) is 0 Å². The molecule has 6 heteroatoms. The molecule has 3 unspecified atom stereocenters. The van der Waals surface area contributed by atoms with Crippen molar-refractivity contribution in [2.24, 2.45) is 5.92 Å². The Morgan fingerprint density at radius 2 is 1.65 bits per heavy atom. The zero-order valence-corrected chi connectivity index (χ0v) is 18.9. The molecule has 4 nitrogen and oxygen atoms in total. The maximum absolute atomic E-state index is 13.1. The lowest BCUT2D eigenvalue weighted by Crippen LogP contribution is -2.33. The quantitative estimate of drug-likeness (QED) is 0.511. The first-order valence-electron chi connectivity index (χ1n) is 10.4. The Labute approximate surface area is 189 Å². The van der Waals surface area contributed by atoms with Crippen molar-refractivity contribution in [2.75, 3.05) is 13.1 Å². The van der Waals surface area contributed by atoms with Crippen molar-refractivity contribution in [1.82, 2.24) is 5.32 Å². The van der Waals surface area contributed by atoms with Gasteiger partial charge < -0.3 is 5.32 Å². The van der Waals surface area contributed by atoms with Crippen LogP contribution in [0.1, 0.15) is 22.6 Å². The van der Waals surface area contributed by atoms with Gasteiger partial charge >= 0.3 is 0 Å². The maximum atomic E-state index is 13.1. The van der Waals surface area contributed by atoms with Crippen LogP contribution in [-0.2, 0) is 20.7 Å². The SMILES string of the molecule is Cc1ccc(S(=O)(=O)OC(Cc2ccccc2)C2CNCC2c2ccc(Cl)cc2)cc1. The molecule has 0 amide bonds. The number of hydrogen-bond acceptors (Lipinski definition) is 4. The fourth-order valence-corrected chi connectivity index (χ4v) is 5.43. The van der Waals surface area contributed by atoms with Crippen LogP contribution in [-0.4, -0.2) is 27.6 Å². The first-order chi connectivity index (χ1) is 14.9. The largest absolute Gasteiger partial charge is 0.316 e. The number of rotatable bonds is 7. The van der Waals surface area contributed by atoms with Gasteiger partial charge in [-0.05, 0) is 42.3 Å². The molecule has 0 aliphatic carbocycles. The van der Waals surface area contributed by atoms with E-state index in [1.165, 1.54) is 0 Å². The molecule has 0 bridgehead atoms. The van der Waals surface area contributed by atoms with Gasteiger partial charge in [0.1, 0.15) is 0 Å². The highest BCUT2D eigenvalue weighted by Crippen LogP contribution is 2.35. The highest BCUT2D eigenvalue weighted by Gasteiger charge is 2.38.